The molecule has 124 valence electrons. The van der Waals surface area contributed by atoms with Crippen LogP contribution in [0.25, 0.3) is 0 Å². The standard InChI is InChI=1S/C19H21N3O2/c1-3-21(15-8-6-7-14(2)11-15)19(24)13-22-17-10-5-4-9-16(17)20-12-18(22)23/h4-11,20H,3,12-13H2,1-2H3. The molecule has 1 heterocycles. The van der Waals surface area contributed by atoms with Gasteiger partial charge in [-0.2, -0.15) is 0 Å². The molecule has 0 aromatic heterocycles. The molecule has 3 rings (SSSR count). The van der Waals surface area contributed by atoms with Gasteiger partial charge in [-0.3, -0.25) is 14.5 Å². The van der Waals surface area contributed by atoms with Crippen molar-refractivity contribution in [3.63, 3.8) is 0 Å². The molecular weight excluding hydrogens is 302 g/mol. The molecule has 0 unspecified atom stereocenters. The number of para-hydroxylation sites is 2. The van der Waals surface area contributed by atoms with Crippen molar-refractivity contribution in [1.82, 2.24) is 0 Å². The van der Waals surface area contributed by atoms with Crippen LogP contribution in [0.15, 0.2) is 48.5 Å². The van der Waals surface area contributed by atoms with Gasteiger partial charge in [-0.1, -0.05) is 24.3 Å². The number of anilines is 3. The van der Waals surface area contributed by atoms with Crippen LogP contribution in [-0.4, -0.2) is 31.4 Å². The summed E-state index contributed by atoms with van der Waals surface area (Å²) in [7, 11) is 0. The molecular formula is C19H21N3O2. The maximum atomic E-state index is 12.8. The Morgan fingerprint density at radius 3 is 2.75 bits per heavy atom. The average Bonchev–Trinajstić information content (AvgIpc) is 2.58. The minimum absolute atomic E-state index is 0.0410. The molecule has 2 aromatic rings. The van der Waals surface area contributed by atoms with Gasteiger partial charge in [0.15, 0.2) is 0 Å². The molecule has 5 heteroatoms. The van der Waals surface area contributed by atoms with Gasteiger partial charge in [0, 0.05) is 12.2 Å². The van der Waals surface area contributed by atoms with E-state index in [4.69, 9.17) is 0 Å². The van der Waals surface area contributed by atoms with E-state index < -0.39 is 0 Å². The molecule has 24 heavy (non-hydrogen) atoms. The lowest BCUT2D eigenvalue weighted by atomic mass is 10.1. The third-order valence-corrected chi connectivity index (χ3v) is 4.15. The molecule has 0 bridgehead atoms. The van der Waals surface area contributed by atoms with Crippen molar-refractivity contribution in [3.8, 4) is 0 Å². The summed E-state index contributed by atoms with van der Waals surface area (Å²) in [5.41, 5.74) is 3.59. The molecule has 1 aliphatic rings. The topological polar surface area (TPSA) is 52.7 Å². The van der Waals surface area contributed by atoms with Gasteiger partial charge in [0.25, 0.3) is 0 Å². The summed E-state index contributed by atoms with van der Waals surface area (Å²) in [5, 5.41) is 3.08. The fraction of sp³-hybridized carbons (Fsp3) is 0.263. The number of likely N-dealkylation sites (N-methyl/N-ethyl adjacent to an activating group) is 1. The lowest BCUT2D eigenvalue weighted by Crippen LogP contribution is -2.47. The second kappa shape index (κ2) is 6.74. The third-order valence-electron chi connectivity index (χ3n) is 4.15. The highest BCUT2D eigenvalue weighted by atomic mass is 16.2. The van der Waals surface area contributed by atoms with E-state index in [0.717, 1.165) is 22.6 Å². The fourth-order valence-corrected chi connectivity index (χ4v) is 2.95. The predicted molar refractivity (Wildman–Crippen MR) is 96.5 cm³/mol. The highest BCUT2D eigenvalue weighted by molar-refractivity contribution is 6.08. The smallest absolute Gasteiger partial charge is 0.247 e. The van der Waals surface area contributed by atoms with Crippen LogP contribution < -0.4 is 15.1 Å². The van der Waals surface area contributed by atoms with Crippen LogP contribution in [-0.2, 0) is 9.59 Å². The minimum Gasteiger partial charge on any atom is -0.374 e. The molecule has 0 fully saturated rings. The number of rotatable bonds is 4. The molecule has 0 spiro atoms. The number of hydrogen-bond donors (Lipinski definition) is 1. The van der Waals surface area contributed by atoms with Crippen molar-refractivity contribution < 1.29 is 9.59 Å². The molecule has 0 aliphatic carbocycles. The molecule has 1 aliphatic heterocycles. The lowest BCUT2D eigenvalue weighted by Gasteiger charge is -2.31. The van der Waals surface area contributed by atoms with E-state index in [1.807, 2.05) is 62.4 Å². The number of nitrogens with one attached hydrogen (secondary N) is 1. The van der Waals surface area contributed by atoms with Gasteiger partial charge in [0.05, 0.1) is 17.9 Å². The molecule has 1 N–H and O–H groups in total. The van der Waals surface area contributed by atoms with Crippen molar-refractivity contribution in [1.29, 1.82) is 0 Å². The molecule has 5 nitrogen and oxygen atoms in total. The van der Waals surface area contributed by atoms with Crippen LogP contribution in [0.4, 0.5) is 17.1 Å². The van der Waals surface area contributed by atoms with Crippen LogP contribution in [0, 0.1) is 6.92 Å². The van der Waals surface area contributed by atoms with E-state index in [-0.39, 0.29) is 24.9 Å². The number of carbonyl (C=O) groups is 2. The molecule has 0 atom stereocenters. The van der Waals surface area contributed by atoms with Gasteiger partial charge in [-0.05, 0) is 43.7 Å². The Kier molecular flexibility index (Phi) is 4.51. The van der Waals surface area contributed by atoms with Gasteiger partial charge in [-0.25, -0.2) is 0 Å². The molecule has 2 amide bonds. The van der Waals surface area contributed by atoms with E-state index in [1.165, 1.54) is 0 Å². The lowest BCUT2D eigenvalue weighted by molar-refractivity contribution is -0.121. The number of fused-ring (bicyclic) bond motifs is 1. The first kappa shape index (κ1) is 16.1. The van der Waals surface area contributed by atoms with Gasteiger partial charge in [0.2, 0.25) is 11.8 Å². The summed E-state index contributed by atoms with van der Waals surface area (Å²) >= 11 is 0. The van der Waals surface area contributed by atoms with Crippen molar-refractivity contribution in [2.75, 3.05) is 34.8 Å². The van der Waals surface area contributed by atoms with Gasteiger partial charge in [-0.15, -0.1) is 0 Å². The first-order valence-corrected chi connectivity index (χ1v) is 8.10. The minimum atomic E-state index is -0.0951. The highest BCUT2D eigenvalue weighted by Gasteiger charge is 2.27. The van der Waals surface area contributed by atoms with E-state index in [2.05, 4.69) is 5.32 Å². The molecule has 0 saturated carbocycles. The monoisotopic (exact) mass is 323 g/mol. The van der Waals surface area contributed by atoms with Crippen LogP contribution in [0.3, 0.4) is 0 Å². The number of nitrogens with zero attached hydrogens (tertiary/aromatic N) is 2. The van der Waals surface area contributed by atoms with Crippen molar-refractivity contribution >= 4 is 28.9 Å². The highest BCUT2D eigenvalue weighted by Crippen LogP contribution is 2.29. The number of aryl methyl sites for hydroxylation is 1. The zero-order chi connectivity index (χ0) is 17.1. The van der Waals surface area contributed by atoms with Crippen molar-refractivity contribution in [3.05, 3.63) is 54.1 Å². The van der Waals surface area contributed by atoms with Crippen LogP contribution >= 0.6 is 0 Å². The quantitative estimate of drug-likeness (QED) is 0.941. The third kappa shape index (κ3) is 3.11. The number of benzene rings is 2. The first-order valence-electron chi connectivity index (χ1n) is 8.10. The van der Waals surface area contributed by atoms with Crippen LogP contribution in [0.1, 0.15) is 12.5 Å². The fourth-order valence-electron chi connectivity index (χ4n) is 2.95. The Bertz CT molecular complexity index is 773. The molecule has 0 saturated heterocycles. The van der Waals surface area contributed by atoms with Crippen molar-refractivity contribution in [2.24, 2.45) is 0 Å². The zero-order valence-corrected chi connectivity index (χ0v) is 14.0. The predicted octanol–water partition coefficient (Wildman–Crippen LogP) is 2.81. The number of carbonyl (C=O) groups excluding carboxylic acids is 2. The number of hydrogen-bond acceptors (Lipinski definition) is 3. The Morgan fingerprint density at radius 1 is 1.21 bits per heavy atom. The second-order valence-corrected chi connectivity index (χ2v) is 5.83. The van der Waals surface area contributed by atoms with Crippen LogP contribution in [0.2, 0.25) is 0 Å². The summed E-state index contributed by atoms with van der Waals surface area (Å²) in [6, 6.07) is 15.4. The average molecular weight is 323 g/mol. The van der Waals surface area contributed by atoms with E-state index >= 15 is 0 Å². The normalized spacial score (nSPS) is 13.2. The van der Waals surface area contributed by atoms with Gasteiger partial charge < -0.3 is 10.2 Å². The SMILES string of the molecule is CCN(C(=O)CN1C(=O)CNc2ccccc21)c1cccc(C)c1. The Balaban J connectivity index is 1.84. The second-order valence-electron chi connectivity index (χ2n) is 5.83. The summed E-state index contributed by atoms with van der Waals surface area (Å²) in [5.74, 6) is -0.185. The summed E-state index contributed by atoms with van der Waals surface area (Å²) in [6.45, 7) is 4.75. The maximum absolute atomic E-state index is 12.8. The number of amides is 2. The zero-order valence-electron chi connectivity index (χ0n) is 14.0. The van der Waals surface area contributed by atoms with E-state index in [9.17, 15) is 9.59 Å². The van der Waals surface area contributed by atoms with Gasteiger partial charge in [0.1, 0.15) is 6.54 Å². The van der Waals surface area contributed by atoms with Crippen molar-refractivity contribution in [2.45, 2.75) is 13.8 Å². The van der Waals surface area contributed by atoms with Crippen LogP contribution in [0.5, 0.6) is 0 Å². The van der Waals surface area contributed by atoms with Gasteiger partial charge >= 0.3 is 0 Å². The summed E-state index contributed by atoms with van der Waals surface area (Å²) in [4.78, 5) is 28.4. The summed E-state index contributed by atoms with van der Waals surface area (Å²) in [6.07, 6.45) is 0. The maximum Gasteiger partial charge on any atom is 0.247 e. The molecule has 0 radical (unpaired) electrons. The Labute approximate surface area is 141 Å². The Hall–Kier alpha value is -2.82. The van der Waals surface area contributed by atoms with E-state index in [0.29, 0.717) is 6.54 Å². The molecule has 2 aromatic carbocycles. The van der Waals surface area contributed by atoms with E-state index in [1.54, 1.807) is 9.80 Å². The summed E-state index contributed by atoms with van der Waals surface area (Å²) < 4.78 is 0. The largest absolute Gasteiger partial charge is 0.374 e. The first-order chi connectivity index (χ1) is 11.6. The Morgan fingerprint density at radius 2 is 2.00 bits per heavy atom.